The summed E-state index contributed by atoms with van der Waals surface area (Å²) in [6.45, 7) is 0. The van der Waals surface area contributed by atoms with E-state index >= 15 is 0 Å². The number of rotatable bonds is 0. The first-order valence-corrected chi connectivity index (χ1v) is 3.12. The fourth-order valence-corrected chi connectivity index (χ4v) is 1.07. The zero-order valence-corrected chi connectivity index (χ0v) is 5.32. The van der Waals surface area contributed by atoms with Gasteiger partial charge in [-0.2, -0.15) is 0 Å². The van der Waals surface area contributed by atoms with Gasteiger partial charge >= 0.3 is 5.91 Å². The molecule has 4 heteroatoms. The highest BCUT2D eigenvalue weighted by Gasteiger charge is 2.30. The van der Waals surface area contributed by atoms with E-state index in [0.717, 1.165) is 12.1 Å². The topological polar surface area (TPSA) is 46.7 Å². The van der Waals surface area contributed by atoms with E-state index in [2.05, 4.69) is 10.1 Å². The molecule has 50 valence electrons. The third kappa shape index (κ3) is 0.618. The predicted molar refractivity (Wildman–Crippen MR) is 31.2 cm³/mol. The van der Waals surface area contributed by atoms with Crippen LogP contribution >= 0.6 is 0 Å². The quantitative estimate of drug-likeness (QED) is 0.445. The fraction of sp³-hybridized carbons (Fsp3) is 0.333. The van der Waals surface area contributed by atoms with E-state index < -0.39 is 0 Å². The SMILES string of the molecule is O=C1CCc2cncn[n+]21. The van der Waals surface area contributed by atoms with Crippen molar-refractivity contribution in [1.82, 2.24) is 10.1 Å². The molecule has 2 rings (SSSR count). The first-order valence-electron chi connectivity index (χ1n) is 3.12. The molecular weight excluding hydrogens is 130 g/mol. The van der Waals surface area contributed by atoms with Crippen molar-refractivity contribution in [3.05, 3.63) is 18.2 Å². The third-order valence-electron chi connectivity index (χ3n) is 1.56. The second kappa shape index (κ2) is 1.83. The van der Waals surface area contributed by atoms with Crippen LogP contribution in [0.4, 0.5) is 0 Å². The van der Waals surface area contributed by atoms with Crippen LogP contribution < -0.4 is 4.68 Å². The Morgan fingerprint density at radius 3 is 3.20 bits per heavy atom. The molecule has 0 aliphatic carbocycles. The molecule has 0 spiro atoms. The summed E-state index contributed by atoms with van der Waals surface area (Å²) in [5.41, 5.74) is 0.910. The second-order valence-electron chi connectivity index (χ2n) is 2.21. The summed E-state index contributed by atoms with van der Waals surface area (Å²) in [6, 6.07) is 0. The molecule has 10 heavy (non-hydrogen) atoms. The maximum absolute atomic E-state index is 10.9. The van der Waals surface area contributed by atoms with Crippen molar-refractivity contribution in [2.75, 3.05) is 0 Å². The highest BCUT2D eigenvalue weighted by molar-refractivity contribution is 5.68. The lowest BCUT2D eigenvalue weighted by atomic mass is 10.3. The first kappa shape index (κ1) is 5.46. The van der Waals surface area contributed by atoms with Crippen molar-refractivity contribution in [1.29, 1.82) is 0 Å². The van der Waals surface area contributed by atoms with Gasteiger partial charge in [-0.05, 0) is 4.68 Å². The lowest BCUT2D eigenvalue weighted by Crippen LogP contribution is -2.44. The van der Waals surface area contributed by atoms with E-state index in [1.54, 1.807) is 6.20 Å². The molecule has 1 aromatic heterocycles. The maximum atomic E-state index is 10.9. The van der Waals surface area contributed by atoms with Gasteiger partial charge < -0.3 is 0 Å². The molecule has 1 aliphatic rings. The minimum Gasteiger partial charge on any atom is -0.232 e. The summed E-state index contributed by atoms with van der Waals surface area (Å²) < 4.78 is 1.41. The number of nitrogens with zero attached hydrogens (tertiary/aromatic N) is 3. The molecule has 4 nitrogen and oxygen atoms in total. The molecule has 0 aromatic carbocycles. The molecule has 1 aromatic rings. The van der Waals surface area contributed by atoms with Crippen molar-refractivity contribution >= 4 is 5.91 Å². The van der Waals surface area contributed by atoms with Crippen LogP contribution in [0.3, 0.4) is 0 Å². The Bertz CT molecular complexity index is 284. The van der Waals surface area contributed by atoms with Gasteiger partial charge in [0.2, 0.25) is 5.69 Å². The molecule has 0 bridgehead atoms. The summed E-state index contributed by atoms with van der Waals surface area (Å²) in [7, 11) is 0. The average Bonchev–Trinajstić information content (AvgIpc) is 2.34. The Kier molecular flexibility index (Phi) is 1.00. The van der Waals surface area contributed by atoms with Crippen LogP contribution in [0.25, 0.3) is 0 Å². The van der Waals surface area contributed by atoms with Crippen molar-refractivity contribution in [2.45, 2.75) is 12.8 Å². The van der Waals surface area contributed by atoms with E-state index in [4.69, 9.17) is 0 Å². The van der Waals surface area contributed by atoms with Gasteiger partial charge in [0.25, 0.3) is 0 Å². The van der Waals surface area contributed by atoms with Gasteiger partial charge in [-0.25, -0.2) is 9.78 Å². The van der Waals surface area contributed by atoms with Crippen molar-refractivity contribution < 1.29 is 9.48 Å². The van der Waals surface area contributed by atoms with Crippen LogP contribution in [0.2, 0.25) is 0 Å². The molecule has 1 aliphatic heterocycles. The molecular formula is C6H6N3O+. The molecule has 0 saturated carbocycles. The summed E-state index contributed by atoms with van der Waals surface area (Å²) in [6.07, 6.45) is 4.41. The van der Waals surface area contributed by atoms with Gasteiger partial charge in [0.05, 0.1) is 19.0 Å². The van der Waals surface area contributed by atoms with Crippen LogP contribution in [0.1, 0.15) is 16.9 Å². The molecule has 0 N–H and O–H groups in total. The minimum absolute atomic E-state index is 0.0670. The Hall–Kier alpha value is -1.32. The molecule has 0 atom stereocenters. The lowest BCUT2D eigenvalue weighted by molar-refractivity contribution is -0.638. The highest BCUT2D eigenvalue weighted by Crippen LogP contribution is 2.00. The second-order valence-corrected chi connectivity index (χ2v) is 2.21. The smallest absolute Gasteiger partial charge is 0.232 e. The van der Waals surface area contributed by atoms with Crippen LogP contribution in [0.15, 0.2) is 12.5 Å². The van der Waals surface area contributed by atoms with Gasteiger partial charge in [-0.15, -0.1) is 0 Å². The normalized spacial score (nSPS) is 15.4. The lowest BCUT2D eigenvalue weighted by Gasteiger charge is -1.81. The zero-order chi connectivity index (χ0) is 6.97. The maximum Gasteiger partial charge on any atom is 0.417 e. The number of hydrogen-bond donors (Lipinski definition) is 0. The molecule has 0 unspecified atom stereocenters. The van der Waals surface area contributed by atoms with E-state index in [-0.39, 0.29) is 5.91 Å². The molecule has 2 heterocycles. The number of aromatic nitrogens is 3. The monoisotopic (exact) mass is 136 g/mol. The number of carbonyl (C=O) groups excluding carboxylic acids is 1. The van der Waals surface area contributed by atoms with Gasteiger partial charge in [0.15, 0.2) is 6.33 Å². The average molecular weight is 136 g/mol. The molecule has 0 amide bonds. The van der Waals surface area contributed by atoms with Gasteiger partial charge in [0, 0.05) is 5.10 Å². The molecule has 0 saturated heterocycles. The van der Waals surface area contributed by atoms with Gasteiger partial charge in [0.1, 0.15) is 0 Å². The fourth-order valence-electron chi connectivity index (χ4n) is 1.07. The summed E-state index contributed by atoms with van der Waals surface area (Å²) in [5, 5.41) is 3.80. The van der Waals surface area contributed by atoms with Gasteiger partial charge in [-0.3, -0.25) is 0 Å². The predicted octanol–water partition coefficient (Wildman–Crippen LogP) is -0.650. The summed E-state index contributed by atoms with van der Waals surface area (Å²) in [4.78, 5) is 14.7. The first-order chi connectivity index (χ1) is 4.88. The van der Waals surface area contributed by atoms with Crippen LogP contribution in [0, 0.1) is 0 Å². The summed E-state index contributed by atoms with van der Waals surface area (Å²) in [5.74, 6) is 0.0670. The van der Waals surface area contributed by atoms with E-state index in [9.17, 15) is 4.79 Å². The largest absolute Gasteiger partial charge is 0.417 e. The van der Waals surface area contributed by atoms with Crippen LogP contribution in [-0.2, 0) is 6.42 Å². The Balaban J connectivity index is 2.61. The van der Waals surface area contributed by atoms with E-state index in [1.165, 1.54) is 11.0 Å². The van der Waals surface area contributed by atoms with Crippen molar-refractivity contribution in [3.63, 3.8) is 0 Å². The van der Waals surface area contributed by atoms with Crippen LogP contribution in [-0.4, -0.2) is 16.0 Å². The standard InChI is InChI=1S/C6H6N3O/c10-6-2-1-5-3-7-4-8-9(5)6/h3-4H,1-2H2/q+1. The van der Waals surface area contributed by atoms with Crippen LogP contribution in [0.5, 0.6) is 0 Å². The van der Waals surface area contributed by atoms with E-state index in [0.29, 0.717) is 6.42 Å². The highest BCUT2D eigenvalue weighted by atomic mass is 16.2. The minimum atomic E-state index is 0.0670. The van der Waals surface area contributed by atoms with Crippen molar-refractivity contribution in [2.24, 2.45) is 0 Å². The van der Waals surface area contributed by atoms with Gasteiger partial charge in [-0.1, -0.05) is 0 Å². The molecule has 0 radical (unpaired) electrons. The Labute approximate surface area is 57.5 Å². The zero-order valence-electron chi connectivity index (χ0n) is 5.32. The van der Waals surface area contributed by atoms with E-state index in [1.807, 2.05) is 0 Å². The number of hydrogen-bond acceptors (Lipinski definition) is 3. The number of carbonyl (C=O) groups is 1. The molecule has 0 fully saturated rings. The Morgan fingerprint density at radius 2 is 2.40 bits per heavy atom. The summed E-state index contributed by atoms with van der Waals surface area (Å²) >= 11 is 0. The van der Waals surface area contributed by atoms with Crippen molar-refractivity contribution in [3.8, 4) is 0 Å². The number of fused-ring (bicyclic) bond motifs is 1. The Morgan fingerprint density at radius 1 is 1.50 bits per heavy atom. The number of aryl methyl sites for hydroxylation is 1. The third-order valence-corrected chi connectivity index (χ3v) is 1.56.